The molecule has 1 saturated heterocycles. The minimum absolute atomic E-state index is 0.0118. The fraction of sp³-hybridized carbons (Fsp3) is 0.475. The molecule has 51 heavy (non-hydrogen) atoms. The Morgan fingerprint density at radius 2 is 1.86 bits per heavy atom. The van der Waals surface area contributed by atoms with Gasteiger partial charge in [0.15, 0.2) is 17.1 Å². The van der Waals surface area contributed by atoms with Crippen molar-refractivity contribution in [3.8, 4) is 11.8 Å². The molecule has 10 nitrogen and oxygen atoms in total. The van der Waals surface area contributed by atoms with E-state index in [2.05, 4.69) is 48.8 Å². The van der Waals surface area contributed by atoms with E-state index in [1.54, 1.807) is 28.4 Å². The van der Waals surface area contributed by atoms with Crippen LogP contribution in [-0.4, -0.2) is 51.2 Å². The Labute approximate surface area is 302 Å². The first-order valence-corrected chi connectivity index (χ1v) is 19.0. The number of aromatic nitrogens is 2. The largest absolute Gasteiger partial charge is 0.445 e. The Kier molecular flexibility index (Phi) is 10.0. The summed E-state index contributed by atoms with van der Waals surface area (Å²) < 4.78 is 12.1. The van der Waals surface area contributed by atoms with Crippen LogP contribution in [-0.2, 0) is 26.2 Å². The number of para-hydroxylation sites is 3. The summed E-state index contributed by atoms with van der Waals surface area (Å²) >= 11 is 1.59. The highest BCUT2D eigenvalue weighted by molar-refractivity contribution is 7.09. The first-order chi connectivity index (χ1) is 24.6. The van der Waals surface area contributed by atoms with E-state index in [0.29, 0.717) is 36.1 Å². The van der Waals surface area contributed by atoms with E-state index in [-0.39, 0.29) is 60.3 Å². The van der Waals surface area contributed by atoms with Crippen LogP contribution in [0.1, 0.15) is 82.8 Å². The van der Waals surface area contributed by atoms with Crippen molar-refractivity contribution in [3.63, 3.8) is 0 Å². The SMILES string of the molecule is CC(C)(C)c1csc(C[C@H]2CCCCC/C=C\[C@H]3C[C@@]3(C(=O)NOc3ccccc3)CC(=O)[C@@H]3C[C@@H](Oc4nc5ccccc5o4)CN3C2=O)n1. The predicted molar refractivity (Wildman–Crippen MR) is 194 cm³/mol. The number of hydrogen-bond acceptors (Lipinski definition) is 9. The summed E-state index contributed by atoms with van der Waals surface area (Å²) in [6, 6.07) is 15.7. The Bertz CT molecular complexity index is 1860. The van der Waals surface area contributed by atoms with E-state index in [4.69, 9.17) is 19.0 Å². The van der Waals surface area contributed by atoms with Gasteiger partial charge in [-0.25, -0.2) is 4.98 Å². The molecule has 2 aliphatic heterocycles. The van der Waals surface area contributed by atoms with Crippen LogP contribution in [0.3, 0.4) is 0 Å². The van der Waals surface area contributed by atoms with Crippen molar-refractivity contribution < 1.29 is 28.4 Å². The molecular formula is C40H46N4O6S. The molecule has 4 aromatic rings. The maximum Gasteiger partial charge on any atom is 0.394 e. The molecule has 3 aliphatic rings. The van der Waals surface area contributed by atoms with Crippen molar-refractivity contribution in [2.24, 2.45) is 17.3 Å². The van der Waals surface area contributed by atoms with Crippen molar-refractivity contribution in [2.75, 3.05) is 6.54 Å². The van der Waals surface area contributed by atoms with Crippen LogP contribution in [0.4, 0.5) is 0 Å². The molecule has 0 spiro atoms. The van der Waals surface area contributed by atoms with E-state index in [1.807, 2.05) is 42.5 Å². The summed E-state index contributed by atoms with van der Waals surface area (Å²) in [5.41, 5.74) is 3.86. The van der Waals surface area contributed by atoms with Crippen LogP contribution in [0.25, 0.3) is 11.1 Å². The molecule has 1 aliphatic carbocycles. The summed E-state index contributed by atoms with van der Waals surface area (Å²) in [6.45, 7) is 6.63. The molecule has 4 heterocycles. The standard InChI is InChI=1S/C40H46N4O6S/c1-39(2,3)34-25-51-35(42-34)20-26-14-8-5-4-6-9-15-27-22-40(27,37(47)43-50-28-16-10-7-11-17-28)23-32(45)31-21-29(24-44(31)36(26)46)48-38-41-30-18-12-13-19-33(30)49-38/h7,9-13,15-19,25-27,29,31H,4-6,8,14,20-24H2,1-3H3,(H,43,47)/b15-9-/t26-,27+,29-,31+,40-/m1/s1. The lowest BCUT2D eigenvalue weighted by molar-refractivity contribution is -0.143. The molecule has 2 aromatic heterocycles. The summed E-state index contributed by atoms with van der Waals surface area (Å²) in [5, 5.41) is 3.01. The minimum Gasteiger partial charge on any atom is -0.445 e. The Balaban J connectivity index is 1.16. The second-order valence-electron chi connectivity index (χ2n) is 15.2. The number of ether oxygens (including phenoxy) is 1. The van der Waals surface area contributed by atoms with E-state index < -0.39 is 17.6 Å². The smallest absolute Gasteiger partial charge is 0.394 e. The molecule has 2 amide bonds. The zero-order valence-corrected chi connectivity index (χ0v) is 30.3. The summed E-state index contributed by atoms with van der Waals surface area (Å²) in [4.78, 5) is 59.7. The molecule has 5 atom stereocenters. The van der Waals surface area contributed by atoms with Gasteiger partial charge in [-0.05, 0) is 55.9 Å². The monoisotopic (exact) mass is 710 g/mol. The minimum atomic E-state index is -0.958. The maximum absolute atomic E-state index is 14.7. The van der Waals surface area contributed by atoms with Crippen molar-refractivity contribution in [1.29, 1.82) is 0 Å². The number of Topliss-reactive ketones (excluding diaryl/α,β-unsaturated/α-hetero) is 1. The maximum atomic E-state index is 14.7. The molecule has 0 bridgehead atoms. The van der Waals surface area contributed by atoms with Gasteiger partial charge in [0.05, 0.1) is 28.7 Å². The molecule has 1 saturated carbocycles. The number of nitrogens with one attached hydrogen (secondary N) is 1. The number of thiazole rings is 1. The lowest BCUT2D eigenvalue weighted by Crippen LogP contribution is -2.46. The van der Waals surface area contributed by atoms with E-state index >= 15 is 0 Å². The Morgan fingerprint density at radius 3 is 2.65 bits per heavy atom. The van der Waals surface area contributed by atoms with E-state index in [1.165, 1.54) is 0 Å². The number of carbonyl (C=O) groups excluding carboxylic acids is 3. The highest BCUT2D eigenvalue weighted by Crippen LogP contribution is 2.57. The van der Waals surface area contributed by atoms with Gasteiger partial charge in [-0.15, -0.1) is 11.3 Å². The average molecular weight is 711 g/mol. The first-order valence-electron chi connectivity index (χ1n) is 18.1. The number of fused-ring (bicyclic) bond motifs is 3. The number of oxazole rings is 1. The lowest BCUT2D eigenvalue weighted by Gasteiger charge is -2.29. The summed E-state index contributed by atoms with van der Waals surface area (Å²) in [5.74, 6) is -0.492. The van der Waals surface area contributed by atoms with Gasteiger partial charge in [0.25, 0.3) is 5.91 Å². The molecule has 268 valence electrons. The summed E-state index contributed by atoms with van der Waals surface area (Å²) in [6.07, 6.45) is 9.58. The number of allylic oxidation sites excluding steroid dienone is 2. The van der Waals surface area contributed by atoms with Crippen LogP contribution in [0, 0.1) is 17.3 Å². The van der Waals surface area contributed by atoms with E-state index in [0.717, 1.165) is 36.4 Å². The molecule has 7 rings (SSSR count). The van der Waals surface area contributed by atoms with Crippen molar-refractivity contribution >= 4 is 40.0 Å². The normalized spacial score (nSPS) is 26.5. The van der Waals surface area contributed by atoms with Crippen molar-refractivity contribution in [1.82, 2.24) is 20.3 Å². The van der Waals surface area contributed by atoms with Gasteiger partial charge in [-0.2, -0.15) is 10.5 Å². The number of nitrogens with zero attached hydrogens (tertiary/aromatic N) is 3. The van der Waals surface area contributed by atoms with Crippen LogP contribution in [0.5, 0.6) is 11.8 Å². The number of amides is 2. The molecule has 2 fully saturated rings. The molecule has 2 aromatic carbocycles. The third kappa shape index (κ3) is 7.88. The number of hydroxylamine groups is 1. The number of rotatable bonds is 7. The lowest BCUT2D eigenvalue weighted by atomic mass is 9.90. The van der Waals surface area contributed by atoms with E-state index in [9.17, 15) is 14.4 Å². The topological polar surface area (TPSA) is 124 Å². The molecule has 1 N–H and O–H groups in total. The van der Waals surface area contributed by atoms with Gasteiger partial charge in [0.1, 0.15) is 11.6 Å². The molecule has 0 radical (unpaired) electrons. The highest BCUT2D eigenvalue weighted by Gasteiger charge is 2.61. The first kappa shape index (κ1) is 34.9. The number of benzene rings is 2. The number of carbonyl (C=O) groups is 3. The zero-order chi connectivity index (χ0) is 35.6. The Hall–Kier alpha value is -4.51. The zero-order valence-electron chi connectivity index (χ0n) is 29.5. The fourth-order valence-electron chi connectivity index (χ4n) is 7.33. The fourth-order valence-corrected chi connectivity index (χ4v) is 8.43. The van der Waals surface area contributed by atoms with Gasteiger partial charge in [0, 0.05) is 36.0 Å². The quantitative estimate of drug-likeness (QED) is 0.156. The van der Waals surface area contributed by atoms with Crippen molar-refractivity contribution in [3.05, 3.63) is 82.8 Å². The van der Waals surface area contributed by atoms with Gasteiger partial charge in [-0.3, -0.25) is 14.4 Å². The van der Waals surface area contributed by atoms with Crippen LogP contribution >= 0.6 is 11.3 Å². The Morgan fingerprint density at radius 1 is 1.06 bits per heavy atom. The van der Waals surface area contributed by atoms with Gasteiger partial charge in [-0.1, -0.05) is 76.1 Å². The highest BCUT2D eigenvalue weighted by atomic mass is 32.1. The third-order valence-electron chi connectivity index (χ3n) is 10.4. The molecule has 11 heteroatoms. The van der Waals surface area contributed by atoms with Crippen LogP contribution in [0.15, 0.2) is 76.5 Å². The average Bonchev–Trinajstić information content (AvgIpc) is 3.49. The second kappa shape index (κ2) is 14.6. The second-order valence-corrected chi connectivity index (χ2v) is 16.2. The molecular weight excluding hydrogens is 665 g/mol. The van der Waals surface area contributed by atoms with Crippen LogP contribution < -0.4 is 15.1 Å². The van der Waals surface area contributed by atoms with Gasteiger partial charge < -0.3 is 18.9 Å². The number of ketones is 1. The predicted octanol–water partition coefficient (Wildman–Crippen LogP) is 7.39. The third-order valence-corrected chi connectivity index (χ3v) is 11.3. The number of hydrogen-bond donors (Lipinski definition) is 1. The molecule has 0 unspecified atom stereocenters. The summed E-state index contributed by atoms with van der Waals surface area (Å²) in [7, 11) is 0. The van der Waals surface area contributed by atoms with Crippen molar-refractivity contribution in [2.45, 2.75) is 96.1 Å². The van der Waals surface area contributed by atoms with Gasteiger partial charge in [0.2, 0.25) is 5.91 Å². The van der Waals surface area contributed by atoms with Gasteiger partial charge >= 0.3 is 6.08 Å². The van der Waals surface area contributed by atoms with Crippen LogP contribution in [0.2, 0.25) is 0 Å².